The summed E-state index contributed by atoms with van der Waals surface area (Å²) in [6, 6.07) is 16.8. The number of para-hydroxylation sites is 1. The van der Waals surface area contributed by atoms with E-state index in [1.54, 1.807) is 12.3 Å². The molecule has 0 aliphatic heterocycles. The molecule has 3 aromatic rings. The molecule has 5 heteroatoms. The van der Waals surface area contributed by atoms with Crippen LogP contribution in [0.5, 0.6) is 5.75 Å². The molecule has 1 heterocycles. The molecule has 0 saturated carbocycles. The maximum Gasteiger partial charge on any atom is 0.259 e. The largest absolute Gasteiger partial charge is 0.491 e. The molecule has 0 fully saturated rings. The first-order chi connectivity index (χ1) is 12.1. The van der Waals surface area contributed by atoms with E-state index >= 15 is 0 Å². The lowest BCUT2D eigenvalue weighted by atomic mass is 10.1. The number of fused-ring (bicyclic) bond motifs is 1. The van der Waals surface area contributed by atoms with E-state index in [0.717, 1.165) is 23.1 Å². The minimum Gasteiger partial charge on any atom is -0.491 e. The van der Waals surface area contributed by atoms with Crippen LogP contribution in [0.4, 0.5) is 5.69 Å². The fourth-order valence-corrected chi connectivity index (χ4v) is 2.47. The van der Waals surface area contributed by atoms with Gasteiger partial charge in [0.2, 0.25) is 0 Å². The highest BCUT2D eigenvalue weighted by atomic mass is 16.5. The van der Waals surface area contributed by atoms with Gasteiger partial charge in [-0.15, -0.1) is 0 Å². The number of benzene rings is 2. The Morgan fingerprint density at radius 3 is 2.80 bits per heavy atom. The molecule has 3 rings (SSSR count). The van der Waals surface area contributed by atoms with E-state index in [-0.39, 0.29) is 5.91 Å². The minimum absolute atomic E-state index is 0.191. The number of carbonyl (C=O) groups excluding carboxylic acids is 1. The van der Waals surface area contributed by atoms with E-state index in [1.807, 2.05) is 67.5 Å². The van der Waals surface area contributed by atoms with Crippen molar-refractivity contribution in [1.29, 1.82) is 0 Å². The number of amides is 1. The van der Waals surface area contributed by atoms with Gasteiger partial charge in [0.05, 0.1) is 11.1 Å². The first kappa shape index (κ1) is 16.9. The second kappa shape index (κ2) is 7.77. The van der Waals surface area contributed by atoms with Gasteiger partial charge < -0.3 is 15.0 Å². The van der Waals surface area contributed by atoms with Gasteiger partial charge in [-0.05, 0) is 50.5 Å². The van der Waals surface area contributed by atoms with Crippen molar-refractivity contribution in [1.82, 2.24) is 9.88 Å². The monoisotopic (exact) mass is 335 g/mol. The molecule has 0 bridgehead atoms. The zero-order valence-corrected chi connectivity index (χ0v) is 14.4. The number of aromatic nitrogens is 1. The fourth-order valence-electron chi connectivity index (χ4n) is 2.47. The molecule has 1 N–H and O–H groups in total. The molecule has 128 valence electrons. The van der Waals surface area contributed by atoms with E-state index in [4.69, 9.17) is 4.74 Å². The van der Waals surface area contributed by atoms with Gasteiger partial charge in [-0.2, -0.15) is 0 Å². The molecule has 1 aromatic heterocycles. The fraction of sp³-hybridized carbons (Fsp3) is 0.200. The topological polar surface area (TPSA) is 54.5 Å². The molecule has 1 amide bonds. The third-order valence-electron chi connectivity index (χ3n) is 3.79. The lowest BCUT2D eigenvalue weighted by molar-refractivity contribution is 0.102. The Morgan fingerprint density at radius 1 is 1.12 bits per heavy atom. The standard InChI is InChI=1S/C20H21N3O2/c1-23(2)12-13-25-19-8-4-3-7-17(19)20(24)22-16-9-10-18-15(14-16)6-5-11-21-18/h3-11,14H,12-13H2,1-2H3,(H,22,24). The van der Waals surface area contributed by atoms with Crippen LogP contribution in [0.3, 0.4) is 0 Å². The van der Waals surface area contributed by atoms with Crippen LogP contribution in [-0.2, 0) is 0 Å². The summed E-state index contributed by atoms with van der Waals surface area (Å²) in [4.78, 5) is 19.0. The van der Waals surface area contributed by atoms with Gasteiger partial charge in [0.1, 0.15) is 12.4 Å². The average Bonchev–Trinajstić information content (AvgIpc) is 2.61. The highest BCUT2D eigenvalue weighted by Gasteiger charge is 2.12. The number of hydrogen-bond acceptors (Lipinski definition) is 4. The number of pyridine rings is 1. The predicted molar refractivity (Wildman–Crippen MR) is 100 cm³/mol. The number of rotatable bonds is 6. The Labute approximate surface area is 147 Å². The maximum absolute atomic E-state index is 12.7. The maximum atomic E-state index is 12.7. The summed E-state index contributed by atoms with van der Waals surface area (Å²) >= 11 is 0. The number of ether oxygens (including phenoxy) is 1. The van der Waals surface area contributed by atoms with E-state index in [9.17, 15) is 4.79 Å². The highest BCUT2D eigenvalue weighted by Crippen LogP contribution is 2.21. The number of hydrogen-bond donors (Lipinski definition) is 1. The lowest BCUT2D eigenvalue weighted by Gasteiger charge is -2.14. The number of anilines is 1. The van der Waals surface area contributed by atoms with E-state index in [2.05, 4.69) is 10.3 Å². The Kier molecular flexibility index (Phi) is 5.26. The van der Waals surface area contributed by atoms with Gasteiger partial charge in [-0.25, -0.2) is 0 Å². The number of likely N-dealkylation sites (N-methyl/N-ethyl adjacent to an activating group) is 1. The summed E-state index contributed by atoms with van der Waals surface area (Å²) in [7, 11) is 3.97. The molecule has 0 atom stereocenters. The van der Waals surface area contributed by atoms with Crippen LogP contribution in [0.2, 0.25) is 0 Å². The normalized spacial score (nSPS) is 10.8. The van der Waals surface area contributed by atoms with Crippen molar-refractivity contribution >= 4 is 22.5 Å². The van der Waals surface area contributed by atoms with Crippen molar-refractivity contribution in [2.45, 2.75) is 0 Å². The Bertz CT molecular complexity index is 877. The summed E-state index contributed by atoms with van der Waals surface area (Å²) in [5.41, 5.74) is 2.15. The summed E-state index contributed by atoms with van der Waals surface area (Å²) in [6.07, 6.45) is 1.75. The molecule has 0 aliphatic rings. The highest BCUT2D eigenvalue weighted by molar-refractivity contribution is 6.06. The van der Waals surface area contributed by atoms with E-state index < -0.39 is 0 Å². The van der Waals surface area contributed by atoms with Crippen LogP contribution < -0.4 is 10.1 Å². The van der Waals surface area contributed by atoms with Gasteiger partial charge in [-0.3, -0.25) is 9.78 Å². The van der Waals surface area contributed by atoms with Crippen molar-refractivity contribution in [3.8, 4) is 5.75 Å². The van der Waals surface area contributed by atoms with Crippen LogP contribution >= 0.6 is 0 Å². The number of carbonyl (C=O) groups is 1. The first-order valence-electron chi connectivity index (χ1n) is 8.16. The smallest absolute Gasteiger partial charge is 0.259 e. The van der Waals surface area contributed by atoms with Crippen molar-refractivity contribution in [3.63, 3.8) is 0 Å². The Morgan fingerprint density at radius 2 is 1.96 bits per heavy atom. The predicted octanol–water partition coefficient (Wildman–Crippen LogP) is 3.43. The van der Waals surface area contributed by atoms with Crippen molar-refractivity contribution in [2.75, 3.05) is 32.6 Å². The molecular formula is C20H21N3O2. The van der Waals surface area contributed by atoms with Crippen molar-refractivity contribution in [2.24, 2.45) is 0 Å². The van der Waals surface area contributed by atoms with Crippen LogP contribution in [0, 0.1) is 0 Å². The molecule has 0 unspecified atom stereocenters. The molecule has 0 aliphatic carbocycles. The van der Waals surface area contributed by atoms with Crippen LogP contribution in [-0.4, -0.2) is 43.0 Å². The second-order valence-corrected chi connectivity index (χ2v) is 6.01. The third-order valence-corrected chi connectivity index (χ3v) is 3.79. The SMILES string of the molecule is CN(C)CCOc1ccccc1C(=O)Nc1ccc2ncccc2c1. The molecule has 25 heavy (non-hydrogen) atoms. The van der Waals surface area contributed by atoms with Crippen molar-refractivity contribution in [3.05, 3.63) is 66.4 Å². The van der Waals surface area contributed by atoms with Gasteiger partial charge in [-0.1, -0.05) is 18.2 Å². The summed E-state index contributed by atoms with van der Waals surface area (Å²) in [5, 5.41) is 3.92. The zero-order valence-electron chi connectivity index (χ0n) is 14.4. The number of nitrogens with zero attached hydrogens (tertiary/aromatic N) is 2. The van der Waals surface area contributed by atoms with E-state index in [0.29, 0.717) is 17.9 Å². The van der Waals surface area contributed by atoms with Crippen molar-refractivity contribution < 1.29 is 9.53 Å². The summed E-state index contributed by atoms with van der Waals surface area (Å²) in [5.74, 6) is 0.396. The van der Waals surface area contributed by atoms with Gasteiger partial charge in [0, 0.05) is 23.8 Å². The van der Waals surface area contributed by atoms with Gasteiger partial charge in [0.25, 0.3) is 5.91 Å². The summed E-state index contributed by atoms with van der Waals surface area (Å²) in [6.45, 7) is 1.31. The molecule has 5 nitrogen and oxygen atoms in total. The van der Waals surface area contributed by atoms with E-state index in [1.165, 1.54) is 0 Å². The van der Waals surface area contributed by atoms with Crippen LogP contribution in [0.1, 0.15) is 10.4 Å². The zero-order chi connectivity index (χ0) is 17.6. The number of nitrogens with one attached hydrogen (secondary N) is 1. The molecule has 0 spiro atoms. The minimum atomic E-state index is -0.191. The first-order valence-corrected chi connectivity index (χ1v) is 8.16. The Hall–Kier alpha value is -2.92. The third kappa shape index (κ3) is 4.33. The van der Waals surface area contributed by atoms with Crippen LogP contribution in [0.15, 0.2) is 60.8 Å². The molecule has 0 radical (unpaired) electrons. The Balaban J connectivity index is 1.76. The molecule has 0 saturated heterocycles. The quantitative estimate of drug-likeness (QED) is 0.750. The second-order valence-electron chi connectivity index (χ2n) is 6.01. The van der Waals surface area contributed by atoms with Gasteiger partial charge in [0.15, 0.2) is 0 Å². The molecular weight excluding hydrogens is 314 g/mol. The van der Waals surface area contributed by atoms with Crippen LogP contribution in [0.25, 0.3) is 10.9 Å². The van der Waals surface area contributed by atoms with Gasteiger partial charge >= 0.3 is 0 Å². The molecule has 2 aromatic carbocycles. The lowest BCUT2D eigenvalue weighted by Crippen LogP contribution is -2.20. The summed E-state index contributed by atoms with van der Waals surface area (Å²) < 4.78 is 5.76. The average molecular weight is 335 g/mol.